The summed E-state index contributed by atoms with van der Waals surface area (Å²) in [4.78, 5) is 5.73. The summed E-state index contributed by atoms with van der Waals surface area (Å²) in [6.45, 7) is 15.0. The Morgan fingerprint density at radius 1 is 0.957 bits per heavy atom. The van der Waals surface area contributed by atoms with Crippen molar-refractivity contribution in [3.8, 4) is 0 Å². The van der Waals surface area contributed by atoms with Gasteiger partial charge < -0.3 is 14.2 Å². The van der Waals surface area contributed by atoms with Crippen LogP contribution in [0.2, 0.25) is 24.2 Å². The van der Waals surface area contributed by atoms with E-state index in [1.165, 1.54) is 60.7 Å². The smallest absolute Gasteiger partial charge is 0.381 e. The fourth-order valence-corrected chi connectivity index (χ4v) is 12.2. The van der Waals surface area contributed by atoms with Crippen LogP contribution >= 0.6 is 22.6 Å². The first kappa shape index (κ1) is 33.5. The Kier molecular flexibility index (Phi) is 8.59. The molecule has 1 aromatic carbocycles. The number of hydrogen-bond acceptors (Lipinski definition) is 4. The van der Waals surface area contributed by atoms with Gasteiger partial charge in [0.1, 0.15) is 11.7 Å². The van der Waals surface area contributed by atoms with Crippen molar-refractivity contribution in [2.75, 3.05) is 26.4 Å². The monoisotopic (exact) mass is 767 g/mol. The van der Waals surface area contributed by atoms with Crippen LogP contribution in [-0.4, -0.2) is 43.4 Å². The van der Waals surface area contributed by atoms with Crippen LogP contribution in [0.5, 0.6) is 0 Å². The first-order valence-corrected chi connectivity index (χ1v) is 21.8. The van der Waals surface area contributed by atoms with Gasteiger partial charge in [0.05, 0.1) is 29.9 Å². The quantitative estimate of drug-likeness (QED) is 0.177. The second-order valence-electron chi connectivity index (χ2n) is 16.6. The highest BCUT2D eigenvalue weighted by Gasteiger charge is 2.57. The van der Waals surface area contributed by atoms with Gasteiger partial charge in [-0.25, -0.2) is 0 Å². The second-order valence-corrected chi connectivity index (χ2v) is 23.8. The number of nitrogens with zero attached hydrogens (tertiary/aromatic N) is 1. The van der Waals surface area contributed by atoms with Crippen LogP contribution in [0.3, 0.4) is 0 Å². The molecule has 7 rings (SSSR count). The average molecular weight is 768 g/mol. The highest BCUT2D eigenvalue weighted by molar-refractivity contribution is 14.1. The lowest BCUT2D eigenvalue weighted by Gasteiger charge is -2.52. The van der Waals surface area contributed by atoms with Crippen molar-refractivity contribution in [1.82, 2.24) is 4.98 Å². The standard InChI is InChI=1S/C37H49F3INO3Si/c1-34(2,3)46(4,5)22-25-19-35(13-6-14-35)20-27-29(25)31-30(32(42-27)23-11-16-43-17-12-23)33(45-36(31)15-18-44-21-28(36)41)24-7-9-26(10-8-24)37(38,39)40/h7-10,23,25,28,33H,6,11-22H2,1-5H3/t25?,28?,33-,36?/m1/s1. The van der Waals surface area contributed by atoms with Crippen molar-refractivity contribution in [3.05, 3.63) is 63.5 Å². The highest BCUT2D eigenvalue weighted by Crippen LogP contribution is 2.63. The fourth-order valence-electron chi connectivity index (χ4n) is 8.99. The van der Waals surface area contributed by atoms with Gasteiger partial charge in [0.25, 0.3) is 0 Å². The van der Waals surface area contributed by atoms with Crippen molar-refractivity contribution in [3.63, 3.8) is 0 Å². The zero-order valence-electron chi connectivity index (χ0n) is 28.0. The van der Waals surface area contributed by atoms with Crippen LogP contribution in [0.15, 0.2) is 24.3 Å². The number of benzene rings is 1. The Balaban J connectivity index is 1.48. The number of aromatic nitrogens is 1. The molecule has 5 aliphatic rings. The average Bonchev–Trinajstić information content (AvgIpc) is 3.32. The molecule has 0 N–H and O–H groups in total. The SMILES string of the molecule is CC(C)(C)[Si](C)(C)CC1CC2(CCC2)Cc2nc(C3CCOCC3)c3c(c21)C1(CCOCC1I)O[C@@H]3c1ccc(C(F)(F)F)cc1. The molecule has 46 heavy (non-hydrogen) atoms. The van der Waals surface area contributed by atoms with Crippen molar-refractivity contribution < 1.29 is 27.4 Å². The molecule has 0 radical (unpaired) electrons. The molecule has 9 heteroatoms. The van der Waals surface area contributed by atoms with Gasteiger partial charge in [-0.05, 0) is 83.7 Å². The molecule has 252 valence electrons. The Morgan fingerprint density at radius 2 is 1.65 bits per heavy atom. The lowest BCUT2D eigenvalue weighted by atomic mass is 9.57. The van der Waals surface area contributed by atoms with Gasteiger partial charge in [0.15, 0.2) is 0 Å². The molecule has 4 nitrogen and oxygen atoms in total. The number of hydrogen-bond donors (Lipinski definition) is 0. The molecule has 2 aliphatic carbocycles. The minimum Gasteiger partial charge on any atom is -0.381 e. The molecular weight excluding hydrogens is 718 g/mol. The van der Waals surface area contributed by atoms with Crippen molar-refractivity contribution in [2.45, 2.75) is 130 Å². The Bertz CT molecular complexity index is 1460. The molecule has 3 unspecified atom stereocenters. The van der Waals surface area contributed by atoms with Gasteiger partial charge in [-0.3, -0.25) is 4.98 Å². The molecule has 2 aromatic rings. The molecule has 3 fully saturated rings. The molecule has 1 aromatic heterocycles. The van der Waals surface area contributed by atoms with Gasteiger partial charge in [0, 0.05) is 43.4 Å². The molecular formula is C37H49F3INO3Si. The fraction of sp³-hybridized carbons (Fsp3) is 0.703. The largest absolute Gasteiger partial charge is 0.416 e. The maximum absolute atomic E-state index is 13.7. The zero-order chi connectivity index (χ0) is 32.7. The summed E-state index contributed by atoms with van der Waals surface area (Å²) in [5.41, 5.74) is 6.27. The van der Waals surface area contributed by atoms with E-state index in [2.05, 4.69) is 56.5 Å². The summed E-state index contributed by atoms with van der Waals surface area (Å²) in [7, 11) is -1.69. The lowest BCUT2D eigenvalue weighted by molar-refractivity contribution is -0.137. The van der Waals surface area contributed by atoms with Crippen LogP contribution in [0.1, 0.15) is 123 Å². The van der Waals surface area contributed by atoms with E-state index in [1.807, 2.05) is 0 Å². The number of fused-ring (bicyclic) bond motifs is 4. The summed E-state index contributed by atoms with van der Waals surface area (Å²) in [5, 5.41) is 0.261. The van der Waals surface area contributed by atoms with Crippen LogP contribution < -0.4 is 0 Å². The molecule has 4 atom stereocenters. The number of pyridine rings is 1. The predicted molar refractivity (Wildman–Crippen MR) is 186 cm³/mol. The highest BCUT2D eigenvalue weighted by atomic mass is 127. The first-order valence-electron chi connectivity index (χ1n) is 17.4. The first-order chi connectivity index (χ1) is 21.6. The van der Waals surface area contributed by atoms with Crippen molar-refractivity contribution in [1.29, 1.82) is 0 Å². The van der Waals surface area contributed by atoms with Crippen LogP contribution in [-0.2, 0) is 32.4 Å². The van der Waals surface area contributed by atoms with E-state index in [0.29, 0.717) is 37.8 Å². The number of alkyl halides is 4. The minimum absolute atomic E-state index is 0.0826. The Labute approximate surface area is 287 Å². The topological polar surface area (TPSA) is 40.6 Å². The number of ether oxygens (including phenoxy) is 3. The molecule has 4 heterocycles. The van der Waals surface area contributed by atoms with Crippen LogP contribution in [0.25, 0.3) is 0 Å². The summed E-state index contributed by atoms with van der Waals surface area (Å²) >= 11 is 2.54. The summed E-state index contributed by atoms with van der Waals surface area (Å²) in [5.74, 6) is 0.655. The third kappa shape index (κ3) is 5.63. The van der Waals surface area contributed by atoms with Gasteiger partial charge >= 0.3 is 6.18 Å². The molecule has 0 amide bonds. The maximum atomic E-state index is 13.7. The third-order valence-corrected chi connectivity index (χ3v) is 19.7. The summed E-state index contributed by atoms with van der Waals surface area (Å²) < 4.78 is 60.3. The van der Waals surface area contributed by atoms with Crippen molar-refractivity contribution in [2.24, 2.45) is 5.41 Å². The van der Waals surface area contributed by atoms with E-state index in [0.717, 1.165) is 42.5 Å². The Morgan fingerprint density at radius 3 is 2.24 bits per heavy atom. The van der Waals surface area contributed by atoms with Gasteiger partial charge in [-0.15, -0.1) is 0 Å². The van der Waals surface area contributed by atoms with E-state index in [1.54, 1.807) is 12.1 Å². The third-order valence-electron chi connectivity index (χ3n) is 12.8. The van der Waals surface area contributed by atoms with E-state index >= 15 is 0 Å². The van der Waals surface area contributed by atoms with Gasteiger partial charge in [-0.2, -0.15) is 13.2 Å². The van der Waals surface area contributed by atoms with E-state index in [-0.39, 0.29) is 14.9 Å². The van der Waals surface area contributed by atoms with Crippen LogP contribution in [0.4, 0.5) is 13.2 Å². The predicted octanol–water partition coefficient (Wildman–Crippen LogP) is 10.2. The van der Waals surface area contributed by atoms with Crippen molar-refractivity contribution >= 4 is 30.7 Å². The molecule has 3 aliphatic heterocycles. The maximum Gasteiger partial charge on any atom is 0.416 e. The van der Waals surface area contributed by atoms with E-state index < -0.39 is 31.5 Å². The molecule has 0 bridgehead atoms. The van der Waals surface area contributed by atoms with Gasteiger partial charge in [0.2, 0.25) is 0 Å². The normalized spacial score (nSPS) is 29.9. The number of halogens is 4. The molecule has 1 saturated carbocycles. The molecule has 2 saturated heterocycles. The number of rotatable bonds is 4. The van der Waals surface area contributed by atoms with Gasteiger partial charge in [-0.1, -0.05) is 81.1 Å². The minimum atomic E-state index is -4.38. The summed E-state index contributed by atoms with van der Waals surface area (Å²) in [6, 6.07) is 6.92. The molecule has 2 spiro atoms. The van der Waals surface area contributed by atoms with E-state index in [9.17, 15) is 13.2 Å². The Hall–Kier alpha value is -1.01. The van der Waals surface area contributed by atoms with E-state index in [4.69, 9.17) is 19.2 Å². The summed E-state index contributed by atoms with van der Waals surface area (Å²) in [6.07, 6.45) is 3.81. The lowest BCUT2D eigenvalue weighted by Crippen LogP contribution is -2.47. The zero-order valence-corrected chi connectivity index (χ0v) is 31.2. The van der Waals surface area contributed by atoms with Crippen LogP contribution in [0, 0.1) is 5.41 Å². The second kappa shape index (κ2) is 11.8.